The second-order valence-corrected chi connectivity index (χ2v) is 8.31. The summed E-state index contributed by atoms with van der Waals surface area (Å²) in [6.07, 6.45) is 0. The summed E-state index contributed by atoms with van der Waals surface area (Å²) in [6, 6.07) is 6.77. The van der Waals surface area contributed by atoms with Crippen molar-refractivity contribution in [3.63, 3.8) is 0 Å². The second kappa shape index (κ2) is 8.39. The van der Waals surface area contributed by atoms with Crippen LogP contribution in [0.3, 0.4) is 0 Å². The van der Waals surface area contributed by atoms with Crippen LogP contribution in [-0.4, -0.2) is 69.2 Å². The van der Waals surface area contributed by atoms with Gasteiger partial charge in [0.25, 0.3) is 0 Å². The van der Waals surface area contributed by atoms with Crippen molar-refractivity contribution >= 4 is 43.3 Å². The van der Waals surface area contributed by atoms with Gasteiger partial charge in [-0.25, -0.2) is 8.42 Å². The highest BCUT2D eigenvalue weighted by atomic mass is 79.9. The van der Waals surface area contributed by atoms with Gasteiger partial charge in [0.05, 0.1) is 11.5 Å². The molecule has 6 nitrogen and oxygen atoms in total. The van der Waals surface area contributed by atoms with E-state index in [9.17, 15) is 8.42 Å². The Morgan fingerprint density at radius 2 is 2.04 bits per heavy atom. The average molecular weight is 422 g/mol. The zero-order valence-corrected chi connectivity index (χ0v) is 16.1. The molecule has 1 fully saturated rings. The Kier molecular flexibility index (Phi) is 6.78. The van der Waals surface area contributed by atoms with Crippen LogP contribution in [0.15, 0.2) is 33.6 Å². The Hall–Kier alpha value is -0.740. The number of thiocarbonyl (C=S) groups is 1. The third-order valence-electron chi connectivity index (χ3n) is 3.54. The van der Waals surface area contributed by atoms with E-state index in [1.807, 2.05) is 4.90 Å². The molecule has 0 aliphatic carbocycles. The van der Waals surface area contributed by atoms with Crippen molar-refractivity contribution in [2.24, 2.45) is 0 Å². The van der Waals surface area contributed by atoms with E-state index in [1.165, 1.54) is 4.31 Å². The molecule has 1 heterocycles. The van der Waals surface area contributed by atoms with Crippen molar-refractivity contribution in [1.82, 2.24) is 14.5 Å². The third kappa shape index (κ3) is 4.87. The zero-order chi connectivity index (χ0) is 16.9. The van der Waals surface area contributed by atoms with Gasteiger partial charge in [0, 0.05) is 44.3 Å². The van der Waals surface area contributed by atoms with Crippen LogP contribution < -0.4 is 5.32 Å². The van der Waals surface area contributed by atoms with Gasteiger partial charge in [0.15, 0.2) is 5.11 Å². The molecule has 1 aliphatic rings. The molecule has 1 N–H and O–H groups in total. The molecular formula is C14H20BrN3O3S2. The Bertz CT molecular complexity index is 646. The van der Waals surface area contributed by atoms with Crippen molar-refractivity contribution in [1.29, 1.82) is 0 Å². The van der Waals surface area contributed by atoms with Crippen LogP contribution in [-0.2, 0) is 14.8 Å². The number of rotatable bonds is 5. The van der Waals surface area contributed by atoms with Gasteiger partial charge in [-0.1, -0.05) is 22.0 Å². The van der Waals surface area contributed by atoms with E-state index in [-0.39, 0.29) is 0 Å². The molecule has 128 valence electrons. The standard InChI is InChI=1S/C14H20BrN3O3S2/c1-21-10-5-16-14(22)17-6-8-18(9-7-17)23(19,20)13-4-2-3-12(15)11-13/h2-4,11H,5-10H2,1H3,(H,16,22). The summed E-state index contributed by atoms with van der Waals surface area (Å²) in [7, 11) is -1.83. The second-order valence-electron chi connectivity index (χ2n) is 5.07. The SMILES string of the molecule is COCCNC(=S)N1CCN(S(=O)(=O)c2cccc(Br)c2)CC1. The monoisotopic (exact) mass is 421 g/mol. The first-order valence-electron chi connectivity index (χ1n) is 7.22. The molecule has 0 bridgehead atoms. The van der Waals surface area contributed by atoms with Crippen molar-refractivity contribution in [2.75, 3.05) is 46.4 Å². The maximum atomic E-state index is 12.6. The van der Waals surface area contributed by atoms with Crippen LogP contribution in [0.2, 0.25) is 0 Å². The number of hydrogen-bond acceptors (Lipinski definition) is 4. The van der Waals surface area contributed by atoms with Crippen LogP contribution in [0.5, 0.6) is 0 Å². The van der Waals surface area contributed by atoms with E-state index in [0.29, 0.717) is 49.3 Å². The summed E-state index contributed by atoms with van der Waals surface area (Å²) in [5, 5.41) is 3.74. The molecule has 23 heavy (non-hydrogen) atoms. The highest BCUT2D eigenvalue weighted by Crippen LogP contribution is 2.21. The fraction of sp³-hybridized carbons (Fsp3) is 0.500. The first-order valence-corrected chi connectivity index (χ1v) is 9.86. The number of methoxy groups -OCH3 is 1. The van der Waals surface area contributed by atoms with E-state index >= 15 is 0 Å². The largest absolute Gasteiger partial charge is 0.383 e. The maximum absolute atomic E-state index is 12.6. The molecule has 9 heteroatoms. The van der Waals surface area contributed by atoms with E-state index in [1.54, 1.807) is 31.4 Å². The first-order chi connectivity index (χ1) is 10.9. The molecule has 2 rings (SSSR count). The number of benzene rings is 1. The van der Waals surface area contributed by atoms with Crippen molar-refractivity contribution in [2.45, 2.75) is 4.90 Å². The summed E-state index contributed by atoms with van der Waals surface area (Å²) in [5.41, 5.74) is 0. The molecule has 0 saturated carbocycles. The molecule has 0 radical (unpaired) electrons. The highest BCUT2D eigenvalue weighted by Gasteiger charge is 2.29. The van der Waals surface area contributed by atoms with Gasteiger partial charge in [-0.2, -0.15) is 4.31 Å². The maximum Gasteiger partial charge on any atom is 0.243 e. The Balaban J connectivity index is 1.94. The minimum absolute atomic E-state index is 0.307. The van der Waals surface area contributed by atoms with Crippen LogP contribution in [0.4, 0.5) is 0 Å². The molecule has 0 aromatic heterocycles. The predicted octanol–water partition coefficient (Wildman–Crippen LogP) is 1.28. The minimum atomic E-state index is -3.46. The molecule has 0 amide bonds. The normalized spacial score (nSPS) is 16.3. The summed E-state index contributed by atoms with van der Waals surface area (Å²) in [4.78, 5) is 2.29. The van der Waals surface area contributed by atoms with Gasteiger partial charge in [0.2, 0.25) is 10.0 Å². The fourth-order valence-corrected chi connectivity index (χ4v) is 4.58. The molecule has 0 unspecified atom stereocenters. The number of ether oxygens (including phenoxy) is 1. The molecular weight excluding hydrogens is 402 g/mol. The predicted molar refractivity (Wildman–Crippen MR) is 97.0 cm³/mol. The number of nitrogens with zero attached hydrogens (tertiary/aromatic N) is 2. The van der Waals surface area contributed by atoms with Gasteiger partial charge in [-0.05, 0) is 30.4 Å². The molecule has 0 atom stereocenters. The number of piperazine rings is 1. The summed E-state index contributed by atoms with van der Waals surface area (Å²) in [5.74, 6) is 0. The van der Waals surface area contributed by atoms with E-state index < -0.39 is 10.0 Å². The van der Waals surface area contributed by atoms with Crippen molar-refractivity contribution in [3.05, 3.63) is 28.7 Å². The number of hydrogen-bond donors (Lipinski definition) is 1. The lowest BCUT2D eigenvalue weighted by Gasteiger charge is -2.35. The molecule has 0 spiro atoms. The smallest absolute Gasteiger partial charge is 0.243 e. The van der Waals surface area contributed by atoms with E-state index in [4.69, 9.17) is 17.0 Å². The van der Waals surface area contributed by atoms with Gasteiger partial charge in [0.1, 0.15) is 0 Å². The topological polar surface area (TPSA) is 61.9 Å². The lowest BCUT2D eigenvalue weighted by atomic mass is 10.4. The molecule has 1 aromatic carbocycles. The lowest BCUT2D eigenvalue weighted by molar-refractivity contribution is 0.201. The number of halogens is 1. The summed E-state index contributed by atoms with van der Waals surface area (Å²) in [6.45, 7) is 3.21. The molecule has 1 aliphatic heterocycles. The quantitative estimate of drug-likeness (QED) is 0.570. The lowest BCUT2D eigenvalue weighted by Crippen LogP contribution is -2.53. The summed E-state index contributed by atoms with van der Waals surface area (Å²) >= 11 is 8.63. The number of nitrogens with one attached hydrogen (secondary N) is 1. The molecule has 1 aromatic rings. The minimum Gasteiger partial charge on any atom is -0.383 e. The summed E-state index contributed by atoms with van der Waals surface area (Å²) < 4.78 is 32.5. The Morgan fingerprint density at radius 3 is 2.65 bits per heavy atom. The van der Waals surface area contributed by atoms with Gasteiger partial charge >= 0.3 is 0 Å². The number of sulfonamides is 1. The van der Waals surface area contributed by atoms with Crippen molar-refractivity contribution in [3.8, 4) is 0 Å². The third-order valence-corrected chi connectivity index (χ3v) is 6.33. The van der Waals surface area contributed by atoms with Crippen LogP contribution in [0.1, 0.15) is 0 Å². The van der Waals surface area contributed by atoms with Gasteiger partial charge in [-0.3, -0.25) is 0 Å². The van der Waals surface area contributed by atoms with E-state index in [2.05, 4.69) is 21.2 Å². The Labute approximate surface area is 151 Å². The highest BCUT2D eigenvalue weighted by molar-refractivity contribution is 9.10. The molecule has 1 saturated heterocycles. The average Bonchev–Trinajstić information content (AvgIpc) is 2.55. The van der Waals surface area contributed by atoms with Crippen LogP contribution in [0, 0.1) is 0 Å². The Morgan fingerprint density at radius 1 is 1.35 bits per heavy atom. The van der Waals surface area contributed by atoms with Crippen LogP contribution in [0.25, 0.3) is 0 Å². The van der Waals surface area contributed by atoms with Crippen molar-refractivity contribution < 1.29 is 13.2 Å². The first kappa shape index (κ1) is 18.6. The van der Waals surface area contributed by atoms with E-state index in [0.717, 1.165) is 4.47 Å². The fourth-order valence-electron chi connectivity index (χ4n) is 2.28. The van der Waals surface area contributed by atoms with Gasteiger partial charge in [-0.15, -0.1) is 0 Å². The van der Waals surface area contributed by atoms with Crippen LogP contribution >= 0.6 is 28.1 Å². The zero-order valence-electron chi connectivity index (χ0n) is 12.9. The van der Waals surface area contributed by atoms with Gasteiger partial charge < -0.3 is 15.0 Å².